The first kappa shape index (κ1) is 10.7. The van der Waals surface area contributed by atoms with E-state index in [2.05, 4.69) is 0 Å². The molecule has 0 spiro atoms. The van der Waals surface area contributed by atoms with Crippen molar-refractivity contribution in [2.45, 2.75) is 13.0 Å². The maximum atomic E-state index is 10.7. The number of aryl methyl sites for hydroxylation is 1. The summed E-state index contributed by atoms with van der Waals surface area (Å²) in [5.74, 6) is -1.03. The molecule has 0 saturated heterocycles. The largest absolute Gasteiger partial charge is 0.478 e. The molecular formula is C10H12O4. The molecule has 1 atom stereocenters. The fourth-order valence-electron chi connectivity index (χ4n) is 1.18. The molecule has 0 bridgehead atoms. The highest BCUT2D eigenvalue weighted by molar-refractivity contribution is 5.89. The molecule has 4 heteroatoms. The number of hydrogen-bond donors (Lipinski definition) is 3. The first-order valence-corrected chi connectivity index (χ1v) is 4.19. The minimum Gasteiger partial charge on any atom is -0.478 e. The van der Waals surface area contributed by atoms with E-state index in [4.69, 9.17) is 10.2 Å². The van der Waals surface area contributed by atoms with Gasteiger partial charge in [-0.25, -0.2) is 4.79 Å². The third kappa shape index (κ3) is 2.10. The van der Waals surface area contributed by atoms with E-state index >= 15 is 0 Å². The number of carboxylic acid groups (broad SMARTS) is 1. The van der Waals surface area contributed by atoms with Crippen molar-refractivity contribution in [1.82, 2.24) is 0 Å². The lowest BCUT2D eigenvalue weighted by Gasteiger charge is -2.09. The van der Waals surface area contributed by atoms with Crippen LogP contribution in [-0.2, 0) is 0 Å². The third-order valence-electron chi connectivity index (χ3n) is 2.05. The van der Waals surface area contributed by atoms with Gasteiger partial charge in [0.15, 0.2) is 0 Å². The van der Waals surface area contributed by atoms with Crippen molar-refractivity contribution in [2.24, 2.45) is 0 Å². The Morgan fingerprint density at radius 1 is 1.50 bits per heavy atom. The second kappa shape index (κ2) is 4.21. The molecule has 3 N–H and O–H groups in total. The van der Waals surface area contributed by atoms with E-state index in [0.717, 1.165) is 0 Å². The Labute approximate surface area is 81.4 Å². The number of aromatic carboxylic acids is 1. The van der Waals surface area contributed by atoms with Crippen molar-refractivity contribution in [3.05, 3.63) is 34.9 Å². The molecule has 0 aliphatic carbocycles. The van der Waals surface area contributed by atoms with Crippen LogP contribution in [0, 0.1) is 6.92 Å². The molecule has 1 aromatic rings. The lowest BCUT2D eigenvalue weighted by Crippen LogP contribution is -2.06. The lowest BCUT2D eigenvalue weighted by molar-refractivity contribution is 0.0694. The molecule has 1 unspecified atom stereocenters. The molecular weight excluding hydrogens is 184 g/mol. The highest BCUT2D eigenvalue weighted by atomic mass is 16.4. The molecule has 14 heavy (non-hydrogen) atoms. The molecule has 76 valence electrons. The molecule has 0 aliphatic heterocycles. The third-order valence-corrected chi connectivity index (χ3v) is 2.05. The highest BCUT2D eigenvalue weighted by Gasteiger charge is 2.11. The van der Waals surface area contributed by atoms with Crippen molar-refractivity contribution in [2.75, 3.05) is 6.61 Å². The second-order valence-electron chi connectivity index (χ2n) is 3.08. The molecule has 0 aliphatic rings. The van der Waals surface area contributed by atoms with Gasteiger partial charge in [0.1, 0.15) is 6.10 Å². The monoisotopic (exact) mass is 196 g/mol. The van der Waals surface area contributed by atoms with Gasteiger partial charge >= 0.3 is 5.97 Å². The second-order valence-corrected chi connectivity index (χ2v) is 3.08. The van der Waals surface area contributed by atoms with Gasteiger partial charge in [0.25, 0.3) is 0 Å². The van der Waals surface area contributed by atoms with E-state index in [1.807, 2.05) is 0 Å². The summed E-state index contributed by atoms with van der Waals surface area (Å²) in [5.41, 5.74) is 1.19. The van der Waals surface area contributed by atoms with Crippen LogP contribution >= 0.6 is 0 Å². The van der Waals surface area contributed by atoms with Crippen molar-refractivity contribution in [1.29, 1.82) is 0 Å². The van der Waals surface area contributed by atoms with E-state index < -0.39 is 18.7 Å². The van der Waals surface area contributed by atoms with Crippen LogP contribution in [0.2, 0.25) is 0 Å². The molecule has 0 heterocycles. The van der Waals surface area contributed by atoms with Crippen LogP contribution in [0.4, 0.5) is 0 Å². The summed E-state index contributed by atoms with van der Waals surface area (Å²) in [6.45, 7) is 1.26. The van der Waals surface area contributed by atoms with Gasteiger partial charge < -0.3 is 15.3 Å². The van der Waals surface area contributed by atoms with E-state index in [1.165, 1.54) is 6.07 Å². The fraction of sp³-hybridized carbons (Fsp3) is 0.300. The van der Waals surface area contributed by atoms with Gasteiger partial charge in [0, 0.05) is 0 Å². The Bertz CT molecular complexity index is 346. The van der Waals surface area contributed by atoms with Gasteiger partial charge in [0.05, 0.1) is 12.2 Å². The smallest absolute Gasteiger partial charge is 0.335 e. The summed E-state index contributed by atoms with van der Waals surface area (Å²) < 4.78 is 0. The molecule has 0 saturated carbocycles. The maximum absolute atomic E-state index is 10.7. The minimum absolute atomic E-state index is 0.148. The van der Waals surface area contributed by atoms with E-state index in [9.17, 15) is 9.90 Å². The van der Waals surface area contributed by atoms with Crippen LogP contribution < -0.4 is 0 Å². The van der Waals surface area contributed by atoms with Gasteiger partial charge in [-0.15, -0.1) is 0 Å². The summed E-state index contributed by atoms with van der Waals surface area (Å²) in [4.78, 5) is 10.7. The zero-order valence-electron chi connectivity index (χ0n) is 7.77. The topological polar surface area (TPSA) is 77.8 Å². The number of carbonyl (C=O) groups is 1. The highest BCUT2D eigenvalue weighted by Crippen LogP contribution is 2.17. The summed E-state index contributed by atoms with van der Waals surface area (Å²) in [7, 11) is 0. The van der Waals surface area contributed by atoms with Gasteiger partial charge in [-0.3, -0.25) is 0 Å². The van der Waals surface area contributed by atoms with Crippen LogP contribution in [-0.4, -0.2) is 27.9 Å². The number of rotatable bonds is 3. The molecule has 4 nitrogen and oxygen atoms in total. The quantitative estimate of drug-likeness (QED) is 0.665. The predicted octanol–water partition coefficient (Wildman–Crippen LogP) is 0.719. The van der Waals surface area contributed by atoms with Gasteiger partial charge in [-0.05, 0) is 24.1 Å². The van der Waals surface area contributed by atoms with Crippen molar-refractivity contribution in [3.63, 3.8) is 0 Å². The number of aliphatic hydroxyl groups excluding tert-OH is 2. The number of benzene rings is 1. The zero-order valence-corrected chi connectivity index (χ0v) is 7.77. The molecule has 0 amide bonds. The number of hydrogen-bond acceptors (Lipinski definition) is 3. The van der Waals surface area contributed by atoms with E-state index in [-0.39, 0.29) is 5.56 Å². The predicted molar refractivity (Wildman–Crippen MR) is 50.2 cm³/mol. The number of carboxylic acids is 1. The number of aliphatic hydroxyl groups is 2. The van der Waals surface area contributed by atoms with Crippen LogP contribution in [0.1, 0.15) is 27.6 Å². The Morgan fingerprint density at radius 3 is 2.64 bits per heavy atom. The van der Waals surface area contributed by atoms with Crippen LogP contribution in [0.25, 0.3) is 0 Å². The standard InChI is InChI=1S/C10H12O4/c1-6-2-3-7(9(12)5-11)4-8(6)10(13)14/h2-4,9,11-12H,5H2,1H3,(H,13,14). The summed E-state index contributed by atoms with van der Waals surface area (Å²) in [6, 6.07) is 4.58. The van der Waals surface area contributed by atoms with Crippen molar-refractivity contribution in [3.8, 4) is 0 Å². The Hall–Kier alpha value is -1.39. The first-order chi connectivity index (χ1) is 6.56. The molecule has 0 fully saturated rings. The molecule has 1 aromatic carbocycles. The summed E-state index contributed by atoms with van der Waals surface area (Å²) in [5, 5.41) is 26.8. The van der Waals surface area contributed by atoms with Crippen LogP contribution in [0.5, 0.6) is 0 Å². The Kier molecular flexibility index (Phi) is 3.22. The van der Waals surface area contributed by atoms with Crippen molar-refractivity contribution >= 4 is 5.97 Å². The lowest BCUT2D eigenvalue weighted by atomic mass is 10.0. The first-order valence-electron chi connectivity index (χ1n) is 4.19. The maximum Gasteiger partial charge on any atom is 0.335 e. The van der Waals surface area contributed by atoms with Crippen LogP contribution in [0.3, 0.4) is 0 Å². The fourth-order valence-corrected chi connectivity index (χ4v) is 1.18. The summed E-state index contributed by atoms with van der Waals surface area (Å²) in [6.07, 6.45) is -1.02. The van der Waals surface area contributed by atoms with E-state index in [1.54, 1.807) is 19.1 Å². The average molecular weight is 196 g/mol. The minimum atomic E-state index is -1.03. The van der Waals surface area contributed by atoms with E-state index in [0.29, 0.717) is 11.1 Å². The normalized spacial score (nSPS) is 12.5. The van der Waals surface area contributed by atoms with Crippen LogP contribution in [0.15, 0.2) is 18.2 Å². The molecule has 0 aromatic heterocycles. The van der Waals surface area contributed by atoms with Crippen molar-refractivity contribution < 1.29 is 20.1 Å². The Balaban J connectivity index is 3.12. The average Bonchev–Trinajstić information content (AvgIpc) is 2.17. The Morgan fingerprint density at radius 2 is 2.14 bits per heavy atom. The molecule has 0 radical (unpaired) electrons. The van der Waals surface area contributed by atoms with Gasteiger partial charge in [-0.1, -0.05) is 12.1 Å². The van der Waals surface area contributed by atoms with Gasteiger partial charge in [0.2, 0.25) is 0 Å². The zero-order chi connectivity index (χ0) is 10.7. The SMILES string of the molecule is Cc1ccc(C(O)CO)cc1C(=O)O. The summed E-state index contributed by atoms with van der Waals surface area (Å²) >= 11 is 0. The molecule has 1 rings (SSSR count). The van der Waals surface area contributed by atoms with Gasteiger partial charge in [-0.2, -0.15) is 0 Å².